The maximum absolute atomic E-state index is 13.8. The van der Waals surface area contributed by atoms with E-state index in [2.05, 4.69) is 38.2 Å². The van der Waals surface area contributed by atoms with Crippen molar-refractivity contribution in [3.63, 3.8) is 0 Å². The molecule has 1 aliphatic carbocycles. The number of unbranched alkanes of at least 4 members (excludes halogenated alkanes) is 15. The van der Waals surface area contributed by atoms with Gasteiger partial charge in [0.1, 0.15) is 6.10 Å². The van der Waals surface area contributed by atoms with E-state index in [1.54, 1.807) is 0 Å². The quantitative estimate of drug-likeness (QED) is 0.0464. The van der Waals surface area contributed by atoms with Gasteiger partial charge in [0, 0.05) is 19.3 Å². The Hall–Kier alpha value is -2.11. The summed E-state index contributed by atoms with van der Waals surface area (Å²) in [5, 5.41) is 17.6. The van der Waals surface area contributed by atoms with Crippen LogP contribution in [0.15, 0.2) is 24.3 Å². The molecule has 4 unspecified atom stereocenters. The highest BCUT2D eigenvalue weighted by atomic mass is 16.5. The lowest BCUT2D eigenvalue weighted by Gasteiger charge is -2.32. The van der Waals surface area contributed by atoms with Gasteiger partial charge < -0.3 is 14.9 Å². The summed E-state index contributed by atoms with van der Waals surface area (Å²) < 4.78 is 6.34. The maximum atomic E-state index is 13.8. The van der Waals surface area contributed by atoms with Crippen LogP contribution in [0.5, 0.6) is 0 Å². The molecule has 45 heavy (non-hydrogen) atoms. The van der Waals surface area contributed by atoms with Crippen LogP contribution in [0.25, 0.3) is 0 Å². The predicted molar refractivity (Wildman–Crippen MR) is 185 cm³/mol. The molecule has 0 fully saturated rings. The normalized spacial score (nSPS) is 18.8. The molecule has 0 radical (unpaired) electrons. The summed E-state index contributed by atoms with van der Waals surface area (Å²) in [6.45, 7) is 4.46. The highest BCUT2D eigenvalue weighted by molar-refractivity contribution is 5.73. The first kappa shape index (κ1) is 40.9. The van der Waals surface area contributed by atoms with Crippen molar-refractivity contribution in [2.75, 3.05) is 0 Å². The predicted octanol–water partition coefficient (Wildman–Crippen LogP) is 11.2. The molecule has 6 heteroatoms. The van der Waals surface area contributed by atoms with Crippen LogP contribution in [0.1, 0.15) is 181 Å². The number of carbonyl (C=O) groups is 3. The van der Waals surface area contributed by atoms with Crippen molar-refractivity contribution in [3.8, 4) is 0 Å². The number of hydrogen-bond acceptors (Lipinski definition) is 4. The molecule has 0 spiro atoms. The second-order valence-electron chi connectivity index (χ2n) is 13.5. The average molecular weight is 633 g/mol. The zero-order valence-corrected chi connectivity index (χ0v) is 29.0. The molecule has 1 aliphatic rings. The molecule has 0 aromatic rings. The number of allylic oxidation sites excluding steroid dienone is 3. The number of ether oxygens (including phenoxy) is 1. The largest absolute Gasteiger partial charge is 0.481 e. The SMILES string of the molecule is CCCCCCC1C=CC(CCCCCCCC(=O)O)C(C(=O)OC(C/C=C\CCCCCCCC(=O)O)CCCCCC)C1. The van der Waals surface area contributed by atoms with Crippen molar-refractivity contribution < 1.29 is 29.3 Å². The van der Waals surface area contributed by atoms with Crippen LogP contribution in [0.4, 0.5) is 0 Å². The van der Waals surface area contributed by atoms with E-state index in [-0.39, 0.29) is 36.8 Å². The molecular weight excluding hydrogens is 564 g/mol. The first-order valence-corrected chi connectivity index (χ1v) is 18.8. The number of carboxylic acids is 2. The minimum atomic E-state index is -0.714. The van der Waals surface area contributed by atoms with Crippen LogP contribution in [-0.4, -0.2) is 34.2 Å². The van der Waals surface area contributed by atoms with Crippen LogP contribution < -0.4 is 0 Å². The second-order valence-corrected chi connectivity index (χ2v) is 13.5. The Morgan fingerprint density at radius 3 is 1.89 bits per heavy atom. The molecule has 0 bridgehead atoms. The van der Waals surface area contributed by atoms with E-state index in [4.69, 9.17) is 14.9 Å². The van der Waals surface area contributed by atoms with Crippen molar-refractivity contribution in [2.45, 2.75) is 187 Å². The second kappa shape index (κ2) is 28.1. The monoisotopic (exact) mass is 633 g/mol. The van der Waals surface area contributed by atoms with E-state index in [9.17, 15) is 14.4 Å². The fourth-order valence-corrected chi connectivity index (χ4v) is 6.53. The molecule has 2 N–H and O–H groups in total. The summed E-state index contributed by atoms with van der Waals surface area (Å²) >= 11 is 0. The third-order valence-electron chi connectivity index (χ3n) is 9.35. The molecular formula is C39H68O6. The minimum absolute atomic E-state index is 0.000353. The third kappa shape index (κ3) is 23.0. The van der Waals surface area contributed by atoms with Crippen LogP contribution >= 0.6 is 0 Å². The summed E-state index contributed by atoms with van der Waals surface area (Å²) in [5.41, 5.74) is 0. The standard InChI is InChI=1S/C39H68O6/c1-3-5-7-18-24-33-30-31-34(25-19-14-13-17-23-29-38(42)43)36(32-33)39(44)45-35(26-20-8-6-4-2)27-21-15-11-9-10-12-16-22-28-37(40)41/h15,21,30-31,33-36H,3-14,16-20,22-29,32H2,1-2H3,(H,40,41)(H,42,43)/b21-15-. The van der Waals surface area contributed by atoms with Gasteiger partial charge >= 0.3 is 17.9 Å². The first-order chi connectivity index (χ1) is 21.9. The average Bonchev–Trinajstić information content (AvgIpc) is 3.01. The molecule has 6 nitrogen and oxygen atoms in total. The van der Waals surface area contributed by atoms with Crippen LogP contribution in [0.2, 0.25) is 0 Å². The number of carboxylic acid groups (broad SMARTS) is 2. The van der Waals surface area contributed by atoms with Gasteiger partial charge in [-0.05, 0) is 69.6 Å². The Balaban J connectivity index is 2.68. The Morgan fingerprint density at radius 1 is 0.689 bits per heavy atom. The van der Waals surface area contributed by atoms with Gasteiger partial charge in [0.2, 0.25) is 0 Å². The summed E-state index contributed by atoms with van der Waals surface area (Å²) in [4.78, 5) is 35.2. The topological polar surface area (TPSA) is 101 Å². The van der Waals surface area contributed by atoms with Crippen LogP contribution in [0.3, 0.4) is 0 Å². The summed E-state index contributed by atoms with van der Waals surface area (Å²) in [6.07, 6.45) is 35.0. The third-order valence-corrected chi connectivity index (χ3v) is 9.35. The van der Waals surface area contributed by atoms with Crippen molar-refractivity contribution in [1.82, 2.24) is 0 Å². The molecule has 4 atom stereocenters. The fourth-order valence-electron chi connectivity index (χ4n) is 6.53. The molecule has 0 aliphatic heterocycles. The summed E-state index contributed by atoms with van der Waals surface area (Å²) in [6, 6.07) is 0. The Bertz CT molecular complexity index is 818. The number of hydrogen-bond donors (Lipinski definition) is 2. The van der Waals surface area contributed by atoms with Crippen molar-refractivity contribution in [3.05, 3.63) is 24.3 Å². The van der Waals surface area contributed by atoms with E-state index in [0.717, 1.165) is 109 Å². The van der Waals surface area contributed by atoms with Gasteiger partial charge in [0.25, 0.3) is 0 Å². The maximum Gasteiger partial charge on any atom is 0.309 e. The van der Waals surface area contributed by atoms with Gasteiger partial charge in [0.05, 0.1) is 5.92 Å². The van der Waals surface area contributed by atoms with E-state index in [0.29, 0.717) is 5.92 Å². The Morgan fingerprint density at radius 2 is 1.24 bits per heavy atom. The molecule has 0 saturated carbocycles. The molecule has 0 saturated heterocycles. The smallest absolute Gasteiger partial charge is 0.309 e. The minimum Gasteiger partial charge on any atom is -0.481 e. The fraction of sp³-hybridized carbons (Fsp3) is 0.821. The molecule has 260 valence electrons. The number of aliphatic carboxylic acids is 2. The van der Waals surface area contributed by atoms with E-state index in [1.807, 2.05) is 0 Å². The lowest BCUT2D eigenvalue weighted by atomic mass is 9.75. The number of rotatable bonds is 30. The van der Waals surface area contributed by atoms with Gasteiger partial charge in [-0.15, -0.1) is 0 Å². The highest BCUT2D eigenvalue weighted by Crippen LogP contribution is 2.36. The van der Waals surface area contributed by atoms with E-state index in [1.165, 1.54) is 44.9 Å². The van der Waals surface area contributed by atoms with Gasteiger partial charge in [-0.2, -0.15) is 0 Å². The van der Waals surface area contributed by atoms with Gasteiger partial charge in [0.15, 0.2) is 0 Å². The van der Waals surface area contributed by atoms with Crippen molar-refractivity contribution >= 4 is 17.9 Å². The highest BCUT2D eigenvalue weighted by Gasteiger charge is 2.34. The van der Waals surface area contributed by atoms with Gasteiger partial charge in [-0.1, -0.05) is 128 Å². The van der Waals surface area contributed by atoms with Crippen LogP contribution in [0, 0.1) is 17.8 Å². The van der Waals surface area contributed by atoms with E-state index < -0.39 is 11.9 Å². The van der Waals surface area contributed by atoms with Crippen LogP contribution in [-0.2, 0) is 19.1 Å². The summed E-state index contributed by atoms with van der Waals surface area (Å²) in [5.74, 6) is -0.800. The summed E-state index contributed by atoms with van der Waals surface area (Å²) in [7, 11) is 0. The lowest BCUT2D eigenvalue weighted by Crippen LogP contribution is -2.32. The number of carbonyl (C=O) groups excluding carboxylic acids is 1. The molecule has 0 amide bonds. The van der Waals surface area contributed by atoms with E-state index >= 15 is 0 Å². The molecule has 0 aromatic heterocycles. The lowest BCUT2D eigenvalue weighted by molar-refractivity contribution is -0.157. The zero-order valence-electron chi connectivity index (χ0n) is 29.0. The van der Waals surface area contributed by atoms with Crippen molar-refractivity contribution in [1.29, 1.82) is 0 Å². The Labute approximate surface area is 275 Å². The van der Waals surface area contributed by atoms with Crippen molar-refractivity contribution in [2.24, 2.45) is 17.8 Å². The first-order valence-electron chi connectivity index (χ1n) is 18.8. The number of esters is 1. The zero-order chi connectivity index (χ0) is 33.0. The van der Waals surface area contributed by atoms with Gasteiger partial charge in [-0.25, -0.2) is 0 Å². The Kier molecular flexibility index (Phi) is 25.6. The van der Waals surface area contributed by atoms with Gasteiger partial charge in [-0.3, -0.25) is 14.4 Å². The molecule has 1 rings (SSSR count). The molecule has 0 heterocycles. The molecule has 0 aromatic carbocycles.